The molecule has 1 aliphatic carbocycles. The number of fused-ring (bicyclic) bond motifs is 1. The van der Waals surface area contributed by atoms with E-state index in [1.807, 2.05) is 6.20 Å². The molecule has 0 N–H and O–H groups in total. The van der Waals surface area contributed by atoms with Crippen LogP contribution in [0.5, 0.6) is 0 Å². The summed E-state index contributed by atoms with van der Waals surface area (Å²) in [7, 11) is 0. The minimum absolute atomic E-state index is 0.351. The van der Waals surface area contributed by atoms with Gasteiger partial charge in [-0.05, 0) is 31.0 Å². The first-order valence-electron chi connectivity index (χ1n) is 9.20. The summed E-state index contributed by atoms with van der Waals surface area (Å²) in [5.41, 5.74) is 2.65. The molecule has 0 saturated heterocycles. The third kappa shape index (κ3) is 3.71. The lowest BCUT2D eigenvalue weighted by Crippen LogP contribution is -2.31. The quantitative estimate of drug-likeness (QED) is 0.829. The fraction of sp³-hybridized carbons (Fsp3) is 0.500. The van der Waals surface area contributed by atoms with Crippen LogP contribution in [0.3, 0.4) is 0 Å². The maximum Gasteiger partial charge on any atom is 0.131 e. The molecule has 132 valence electrons. The molecule has 1 aromatic carbocycles. The van der Waals surface area contributed by atoms with Gasteiger partial charge in [0.25, 0.3) is 0 Å². The van der Waals surface area contributed by atoms with Crippen molar-refractivity contribution >= 4 is 0 Å². The van der Waals surface area contributed by atoms with Gasteiger partial charge in [0.2, 0.25) is 0 Å². The van der Waals surface area contributed by atoms with Gasteiger partial charge in [0.1, 0.15) is 17.5 Å². The van der Waals surface area contributed by atoms with E-state index in [1.165, 1.54) is 44.2 Å². The van der Waals surface area contributed by atoms with E-state index in [9.17, 15) is 8.78 Å². The average molecular weight is 343 g/mol. The number of hydrogen-bond acceptors (Lipinski definition) is 3. The van der Waals surface area contributed by atoms with Crippen molar-refractivity contribution in [2.75, 3.05) is 6.54 Å². The molecule has 5 heteroatoms. The summed E-state index contributed by atoms with van der Waals surface area (Å²) < 4.78 is 27.2. The zero-order valence-electron chi connectivity index (χ0n) is 14.3. The molecule has 2 heterocycles. The van der Waals surface area contributed by atoms with Crippen LogP contribution in [0.2, 0.25) is 0 Å². The summed E-state index contributed by atoms with van der Waals surface area (Å²) in [5, 5.41) is 0. The van der Waals surface area contributed by atoms with Crippen molar-refractivity contribution in [1.82, 2.24) is 14.9 Å². The first kappa shape index (κ1) is 16.6. The fourth-order valence-electron chi connectivity index (χ4n) is 3.99. The van der Waals surface area contributed by atoms with Crippen LogP contribution < -0.4 is 0 Å². The van der Waals surface area contributed by atoms with Crippen molar-refractivity contribution < 1.29 is 8.78 Å². The lowest BCUT2D eigenvalue weighted by Gasteiger charge is -2.29. The largest absolute Gasteiger partial charge is 0.294 e. The van der Waals surface area contributed by atoms with Gasteiger partial charge in [-0.3, -0.25) is 4.90 Å². The maximum absolute atomic E-state index is 13.9. The number of benzene rings is 1. The molecule has 2 aliphatic rings. The first-order chi connectivity index (χ1) is 12.2. The molecule has 0 radical (unpaired) electrons. The lowest BCUT2D eigenvalue weighted by molar-refractivity contribution is 0.238. The van der Waals surface area contributed by atoms with Crippen molar-refractivity contribution in [3.63, 3.8) is 0 Å². The molecule has 1 saturated carbocycles. The van der Waals surface area contributed by atoms with Crippen molar-refractivity contribution in [3.05, 3.63) is 58.7 Å². The van der Waals surface area contributed by atoms with Crippen LogP contribution in [-0.4, -0.2) is 21.4 Å². The minimum atomic E-state index is -0.394. The second-order valence-corrected chi connectivity index (χ2v) is 7.23. The highest BCUT2D eigenvalue weighted by Crippen LogP contribution is 2.31. The average Bonchev–Trinajstić information content (AvgIpc) is 2.65. The van der Waals surface area contributed by atoms with Crippen molar-refractivity contribution in [2.24, 2.45) is 0 Å². The number of halogens is 2. The molecule has 0 atom stereocenters. The Morgan fingerprint density at radius 3 is 2.80 bits per heavy atom. The summed E-state index contributed by atoms with van der Waals surface area (Å²) in [6.45, 7) is 1.91. The van der Waals surface area contributed by atoms with E-state index in [-0.39, 0.29) is 5.82 Å². The highest BCUT2D eigenvalue weighted by Gasteiger charge is 2.23. The Kier molecular flexibility index (Phi) is 4.75. The van der Waals surface area contributed by atoms with E-state index in [2.05, 4.69) is 9.88 Å². The van der Waals surface area contributed by atoms with Gasteiger partial charge in [0.15, 0.2) is 0 Å². The normalized spacial score (nSPS) is 19.0. The fourth-order valence-corrected chi connectivity index (χ4v) is 3.99. The highest BCUT2D eigenvalue weighted by molar-refractivity contribution is 5.23. The molecule has 0 spiro atoms. The topological polar surface area (TPSA) is 29.0 Å². The van der Waals surface area contributed by atoms with E-state index in [4.69, 9.17) is 4.98 Å². The summed E-state index contributed by atoms with van der Waals surface area (Å²) in [6.07, 6.45) is 9.06. The highest BCUT2D eigenvalue weighted by atomic mass is 19.1. The second-order valence-electron chi connectivity index (χ2n) is 7.23. The van der Waals surface area contributed by atoms with E-state index >= 15 is 0 Å². The van der Waals surface area contributed by atoms with Gasteiger partial charge in [-0.15, -0.1) is 0 Å². The molecule has 25 heavy (non-hydrogen) atoms. The predicted molar refractivity (Wildman–Crippen MR) is 92.0 cm³/mol. The molecular formula is C20H23F2N3. The Labute approximate surface area is 147 Å². The third-order valence-corrected chi connectivity index (χ3v) is 5.40. The molecule has 1 fully saturated rings. The van der Waals surface area contributed by atoms with Crippen LogP contribution in [-0.2, 0) is 19.5 Å². The van der Waals surface area contributed by atoms with Crippen molar-refractivity contribution in [1.29, 1.82) is 0 Å². The third-order valence-electron chi connectivity index (χ3n) is 5.40. The minimum Gasteiger partial charge on any atom is -0.294 e. The van der Waals surface area contributed by atoms with E-state index in [0.29, 0.717) is 24.6 Å². The molecule has 0 unspecified atom stereocenters. The number of aromatic nitrogens is 2. The summed E-state index contributed by atoms with van der Waals surface area (Å²) in [4.78, 5) is 11.6. The summed E-state index contributed by atoms with van der Waals surface area (Å²) in [5.74, 6) is 0.770. The predicted octanol–water partition coefficient (Wildman–Crippen LogP) is 4.36. The Hall–Kier alpha value is -1.88. The van der Waals surface area contributed by atoms with Gasteiger partial charge >= 0.3 is 0 Å². The number of hydrogen-bond donors (Lipinski definition) is 0. The monoisotopic (exact) mass is 343 g/mol. The van der Waals surface area contributed by atoms with Gasteiger partial charge < -0.3 is 0 Å². The van der Waals surface area contributed by atoms with Gasteiger partial charge in [-0.25, -0.2) is 18.7 Å². The molecule has 1 aliphatic heterocycles. The van der Waals surface area contributed by atoms with Crippen LogP contribution in [0.15, 0.2) is 24.4 Å². The molecule has 2 aromatic rings. The Morgan fingerprint density at radius 2 is 1.96 bits per heavy atom. The summed E-state index contributed by atoms with van der Waals surface area (Å²) in [6, 6.07) is 3.64. The lowest BCUT2D eigenvalue weighted by atomic mass is 9.88. The number of rotatable bonds is 3. The second kappa shape index (κ2) is 7.16. The van der Waals surface area contributed by atoms with Crippen LogP contribution in [0.25, 0.3) is 0 Å². The van der Waals surface area contributed by atoms with Crippen molar-refractivity contribution in [2.45, 2.75) is 57.5 Å². The Morgan fingerprint density at radius 1 is 1.12 bits per heavy atom. The zero-order valence-corrected chi connectivity index (χ0v) is 14.3. The molecule has 4 rings (SSSR count). The van der Waals surface area contributed by atoms with Crippen LogP contribution in [0.4, 0.5) is 8.78 Å². The smallest absolute Gasteiger partial charge is 0.131 e. The zero-order chi connectivity index (χ0) is 17.2. The van der Waals surface area contributed by atoms with Gasteiger partial charge in [-0.2, -0.15) is 0 Å². The Bertz CT molecular complexity index is 757. The van der Waals surface area contributed by atoms with Gasteiger partial charge in [0, 0.05) is 55.0 Å². The molecule has 0 amide bonds. The number of nitrogens with zero attached hydrogens (tertiary/aromatic N) is 3. The maximum atomic E-state index is 13.9. The molecule has 1 aromatic heterocycles. The molecule has 0 bridgehead atoms. The Balaban J connectivity index is 1.47. The van der Waals surface area contributed by atoms with Gasteiger partial charge in [-0.1, -0.05) is 19.3 Å². The van der Waals surface area contributed by atoms with Crippen molar-refractivity contribution in [3.8, 4) is 0 Å². The molecular weight excluding hydrogens is 320 g/mol. The SMILES string of the molecule is Fc1ccc(F)c(CN2CCc3nc(C4CCCCC4)ncc3C2)c1. The van der Waals surface area contributed by atoms with Gasteiger partial charge in [0.05, 0.1) is 0 Å². The summed E-state index contributed by atoms with van der Waals surface area (Å²) >= 11 is 0. The van der Waals surface area contributed by atoms with E-state index < -0.39 is 5.82 Å². The molecule has 3 nitrogen and oxygen atoms in total. The van der Waals surface area contributed by atoms with Crippen LogP contribution in [0, 0.1) is 11.6 Å². The van der Waals surface area contributed by atoms with E-state index in [0.717, 1.165) is 36.1 Å². The van der Waals surface area contributed by atoms with E-state index in [1.54, 1.807) is 0 Å². The standard InChI is InChI=1S/C20H23F2N3/c21-17-6-7-18(22)15(10-17)12-25-9-8-19-16(13-25)11-23-20(24-19)14-4-2-1-3-5-14/h6-7,10-11,14H,1-5,8-9,12-13H2. The van der Waals surface area contributed by atoms with Crippen LogP contribution in [0.1, 0.15) is 60.7 Å². The van der Waals surface area contributed by atoms with Crippen LogP contribution >= 0.6 is 0 Å². The first-order valence-corrected chi connectivity index (χ1v) is 9.20.